The molecule has 1 N–H and O–H groups in total. The number of hydrogen-bond acceptors (Lipinski definition) is 4. The number of unbranched alkanes of at least 4 members (excludes halogenated alkanes) is 2. The molecule has 1 aliphatic rings. The lowest BCUT2D eigenvalue weighted by atomic mass is 9.95. The van der Waals surface area contributed by atoms with Gasteiger partial charge in [-0.15, -0.1) is 0 Å². The van der Waals surface area contributed by atoms with Crippen LogP contribution in [0, 0.1) is 5.92 Å². The molecule has 2 rings (SSSR count). The second kappa shape index (κ2) is 11.3. The average molecular weight is 425 g/mol. The second-order valence-corrected chi connectivity index (χ2v) is 7.64. The highest BCUT2D eigenvalue weighted by Gasteiger charge is 2.24. The number of hydrogen-bond donors (Lipinski definition) is 1. The van der Waals surface area contributed by atoms with Gasteiger partial charge in [0.1, 0.15) is 0 Å². The van der Waals surface area contributed by atoms with Gasteiger partial charge in [-0.05, 0) is 76.5 Å². The molecule has 0 atom stereocenters. The van der Waals surface area contributed by atoms with Gasteiger partial charge in [0, 0.05) is 22.5 Å². The molecule has 1 fully saturated rings. The first-order chi connectivity index (χ1) is 12.6. The van der Waals surface area contributed by atoms with Crippen molar-refractivity contribution in [3.63, 3.8) is 0 Å². The SMILES string of the molecule is CCOC(=O)CCCCCN1CCC(C(=O)Nc2ccc(Br)cc2)CC1. The van der Waals surface area contributed by atoms with Crippen LogP contribution in [-0.4, -0.2) is 43.0 Å². The van der Waals surface area contributed by atoms with Crippen molar-refractivity contribution in [2.45, 2.75) is 45.4 Å². The first-order valence-corrected chi connectivity index (χ1v) is 10.3. The number of ether oxygens (including phenoxy) is 1. The maximum absolute atomic E-state index is 12.4. The molecule has 0 saturated carbocycles. The number of nitrogens with zero attached hydrogens (tertiary/aromatic N) is 1. The average Bonchev–Trinajstić information content (AvgIpc) is 2.64. The molecule has 1 aromatic rings. The fourth-order valence-electron chi connectivity index (χ4n) is 3.21. The van der Waals surface area contributed by atoms with Crippen LogP contribution in [0.3, 0.4) is 0 Å². The third-order valence-corrected chi connectivity index (χ3v) is 5.26. The number of anilines is 1. The molecule has 26 heavy (non-hydrogen) atoms. The molecule has 6 heteroatoms. The first kappa shape index (κ1) is 20.9. The van der Waals surface area contributed by atoms with Gasteiger partial charge in [0.15, 0.2) is 0 Å². The van der Waals surface area contributed by atoms with E-state index in [1.807, 2.05) is 31.2 Å². The Morgan fingerprint density at radius 2 is 1.85 bits per heavy atom. The van der Waals surface area contributed by atoms with Crippen molar-refractivity contribution >= 4 is 33.5 Å². The number of carbonyl (C=O) groups is 2. The summed E-state index contributed by atoms with van der Waals surface area (Å²) in [4.78, 5) is 26.1. The van der Waals surface area contributed by atoms with Crippen LogP contribution in [0.15, 0.2) is 28.7 Å². The Hall–Kier alpha value is -1.40. The topological polar surface area (TPSA) is 58.6 Å². The van der Waals surface area contributed by atoms with Crippen LogP contribution in [0.4, 0.5) is 5.69 Å². The Morgan fingerprint density at radius 3 is 2.50 bits per heavy atom. The number of rotatable bonds is 9. The molecule has 0 unspecified atom stereocenters. The van der Waals surface area contributed by atoms with Crippen LogP contribution >= 0.6 is 15.9 Å². The van der Waals surface area contributed by atoms with E-state index in [2.05, 4.69) is 26.1 Å². The van der Waals surface area contributed by atoms with Gasteiger partial charge in [-0.1, -0.05) is 22.4 Å². The summed E-state index contributed by atoms with van der Waals surface area (Å²) in [5.74, 6) is 0.130. The number of halogens is 1. The van der Waals surface area contributed by atoms with Gasteiger partial charge in [-0.25, -0.2) is 0 Å². The molecule has 0 aliphatic carbocycles. The largest absolute Gasteiger partial charge is 0.466 e. The van der Waals surface area contributed by atoms with Crippen LogP contribution in [0.5, 0.6) is 0 Å². The Labute approximate surface area is 164 Å². The van der Waals surface area contributed by atoms with Crippen LogP contribution in [-0.2, 0) is 14.3 Å². The smallest absolute Gasteiger partial charge is 0.305 e. The Balaban J connectivity index is 1.59. The van der Waals surface area contributed by atoms with Crippen LogP contribution < -0.4 is 5.32 Å². The molecule has 1 heterocycles. The number of nitrogens with one attached hydrogen (secondary N) is 1. The highest BCUT2D eigenvalue weighted by molar-refractivity contribution is 9.10. The fourth-order valence-corrected chi connectivity index (χ4v) is 3.48. The summed E-state index contributed by atoms with van der Waals surface area (Å²) >= 11 is 3.40. The van der Waals surface area contributed by atoms with Gasteiger partial charge in [-0.2, -0.15) is 0 Å². The highest BCUT2D eigenvalue weighted by Crippen LogP contribution is 2.21. The molecule has 0 aromatic heterocycles. The maximum atomic E-state index is 12.4. The van der Waals surface area contributed by atoms with Crippen molar-refractivity contribution < 1.29 is 14.3 Å². The summed E-state index contributed by atoms with van der Waals surface area (Å²) < 4.78 is 5.94. The van der Waals surface area contributed by atoms with E-state index in [0.29, 0.717) is 13.0 Å². The molecule has 1 aromatic carbocycles. The normalized spacial score (nSPS) is 15.6. The van der Waals surface area contributed by atoms with Gasteiger partial charge in [0.25, 0.3) is 0 Å². The molecule has 5 nitrogen and oxygen atoms in total. The third-order valence-electron chi connectivity index (χ3n) is 4.73. The van der Waals surface area contributed by atoms with Crippen LogP contribution in [0.1, 0.15) is 45.4 Å². The predicted molar refractivity (Wildman–Crippen MR) is 107 cm³/mol. The van der Waals surface area contributed by atoms with Gasteiger partial charge >= 0.3 is 5.97 Å². The minimum absolute atomic E-state index is 0.0925. The van der Waals surface area contributed by atoms with Crippen molar-refractivity contribution in [2.24, 2.45) is 5.92 Å². The van der Waals surface area contributed by atoms with Crippen LogP contribution in [0.2, 0.25) is 0 Å². The van der Waals surface area contributed by atoms with E-state index in [9.17, 15) is 9.59 Å². The molecular formula is C20H29BrN2O3. The predicted octanol–water partition coefficient (Wildman–Crippen LogP) is 4.22. The van der Waals surface area contributed by atoms with Crippen molar-refractivity contribution in [1.29, 1.82) is 0 Å². The number of amides is 1. The third kappa shape index (κ3) is 7.46. The molecular weight excluding hydrogens is 396 g/mol. The number of carbonyl (C=O) groups excluding carboxylic acids is 2. The zero-order valence-corrected chi connectivity index (χ0v) is 17.1. The van der Waals surface area contributed by atoms with Gasteiger partial charge in [0.2, 0.25) is 5.91 Å². The van der Waals surface area contributed by atoms with E-state index in [4.69, 9.17) is 4.74 Å². The standard InChI is InChI=1S/C20H29BrN2O3/c1-2-26-19(24)6-4-3-5-13-23-14-11-16(12-15-23)20(25)22-18-9-7-17(21)8-10-18/h7-10,16H,2-6,11-15H2,1H3,(H,22,25). The molecule has 0 radical (unpaired) electrons. The van der Waals surface area contributed by atoms with Gasteiger partial charge < -0.3 is 15.0 Å². The zero-order chi connectivity index (χ0) is 18.8. The molecule has 1 aliphatic heterocycles. The highest BCUT2D eigenvalue weighted by atomic mass is 79.9. The molecule has 144 valence electrons. The zero-order valence-electron chi connectivity index (χ0n) is 15.5. The fraction of sp³-hybridized carbons (Fsp3) is 0.600. The van der Waals surface area contributed by atoms with Crippen molar-refractivity contribution in [1.82, 2.24) is 4.90 Å². The monoisotopic (exact) mass is 424 g/mol. The lowest BCUT2D eigenvalue weighted by molar-refractivity contribution is -0.143. The minimum atomic E-state index is -0.0925. The second-order valence-electron chi connectivity index (χ2n) is 6.73. The maximum Gasteiger partial charge on any atom is 0.305 e. The van der Waals surface area contributed by atoms with Crippen molar-refractivity contribution in [2.75, 3.05) is 31.6 Å². The van der Waals surface area contributed by atoms with Crippen molar-refractivity contribution in [3.8, 4) is 0 Å². The summed E-state index contributed by atoms with van der Waals surface area (Å²) in [5, 5.41) is 3.01. The Kier molecular flexibility index (Phi) is 9.12. The van der Waals surface area contributed by atoms with E-state index in [1.165, 1.54) is 0 Å². The summed E-state index contributed by atoms with van der Waals surface area (Å²) in [6.07, 6.45) is 5.37. The first-order valence-electron chi connectivity index (χ1n) is 9.53. The number of esters is 1. The van der Waals surface area contributed by atoms with E-state index >= 15 is 0 Å². The van der Waals surface area contributed by atoms with Crippen LogP contribution in [0.25, 0.3) is 0 Å². The van der Waals surface area contributed by atoms with E-state index < -0.39 is 0 Å². The summed E-state index contributed by atoms with van der Waals surface area (Å²) in [5.41, 5.74) is 0.849. The lowest BCUT2D eigenvalue weighted by Crippen LogP contribution is -2.38. The van der Waals surface area contributed by atoms with E-state index in [0.717, 1.165) is 61.9 Å². The lowest BCUT2D eigenvalue weighted by Gasteiger charge is -2.31. The molecule has 1 saturated heterocycles. The van der Waals surface area contributed by atoms with Gasteiger partial charge in [-0.3, -0.25) is 9.59 Å². The molecule has 0 spiro atoms. The minimum Gasteiger partial charge on any atom is -0.466 e. The Morgan fingerprint density at radius 1 is 1.15 bits per heavy atom. The van der Waals surface area contributed by atoms with Gasteiger partial charge in [0.05, 0.1) is 6.61 Å². The van der Waals surface area contributed by atoms with Crippen molar-refractivity contribution in [3.05, 3.63) is 28.7 Å². The molecule has 1 amide bonds. The summed E-state index contributed by atoms with van der Waals surface area (Å²) in [6.45, 7) is 5.28. The number of benzene rings is 1. The number of piperidine rings is 1. The number of likely N-dealkylation sites (tertiary alicyclic amines) is 1. The Bertz CT molecular complexity index is 569. The molecule has 0 bridgehead atoms. The summed E-state index contributed by atoms with van der Waals surface area (Å²) in [7, 11) is 0. The summed E-state index contributed by atoms with van der Waals surface area (Å²) in [6, 6.07) is 7.68. The quantitative estimate of drug-likeness (QED) is 0.476. The van der Waals surface area contributed by atoms with E-state index in [1.54, 1.807) is 0 Å². The van der Waals surface area contributed by atoms with E-state index in [-0.39, 0.29) is 17.8 Å².